The second-order valence-electron chi connectivity index (χ2n) is 5.34. The summed E-state index contributed by atoms with van der Waals surface area (Å²) in [4.78, 5) is 0. The predicted molar refractivity (Wildman–Crippen MR) is 61.5 cm³/mol. The van der Waals surface area contributed by atoms with E-state index in [4.69, 9.17) is 0 Å². The summed E-state index contributed by atoms with van der Waals surface area (Å²) in [5, 5.41) is 9.72. The third-order valence-electron chi connectivity index (χ3n) is 4.03. The fourth-order valence-corrected chi connectivity index (χ4v) is 2.78. The highest BCUT2D eigenvalue weighted by atomic mass is 19.1. The maximum absolute atomic E-state index is 13.1. The van der Waals surface area contributed by atoms with Gasteiger partial charge in [0.05, 0.1) is 6.10 Å². The summed E-state index contributed by atoms with van der Waals surface area (Å²) >= 11 is 0. The topological polar surface area (TPSA) is 20.2 Å². The molecular weight excluding hydrogens is 191 g/mol. The van der Waals surface area contributed by atoms with Gasteiger partial charge in [-0.1, -0.05) is 20.8 Å². The van der Waals surface area contributed by atoms with Gasteiger partial charge in [0.15, 0.2) is 0 Å². The second kappa shape index (κ2) is 5.83. The summed E-state index contributed by atoms with van der Waals surface area (Å²) in [6, 6.07) is 0. The van der Waals surface area contributed by atoms with Crippen LogP contribution in [0.1, 0.15) is 52.9 Å². The van der Waals surface area contributed by atoms with Gasteiger partial charge in [0.1, 0.15) is 6.17 Å². The van der Waals surface area contributed by atoms with E-state index in [1.807, 2.05) is 6.92 Å². The zero-order valence-corrected chi connectivity index (χ0v) is 10.2. The van der Waals surface area contributed by atoms with Gasteiger partial charge in [0.25, 0.3) is 0 Å². The molecule has 1 saturated carbocycles. The Balaban J connectivity index is 2.37. The Labute approximate surface area is 93.1 Å². The number of rotatable bonds is 4. The van der Waals surface area contributed by atoms with Crippen LogP contribution in [0.15, 0.2) is 0 Å². The van der Waals surface area contributed by atoms with Crippen molar-refractivity contribution in [2.75, 3.05) is 0 Å². The third kappa shape index (κ3) is 3.75. The molecule has 15 heavy (non-hydrogen) atoms. The Kier molecular flexibility index (Phi) is 5.04. The van der Waals surface area contributed by atoms with Crippen molar-refractivity contribution in [2.45, 2.75) is 65.2 Å². The molecule has 0 amide bonds. The molecule has 1 fully saturated rings. The molecule has 1 nitrogen and oxygen atoms in total. The first-order chi connectivity index (χ1) is 7.04. The van der Waals surface area contributed by atoms with E-state index in [1.54, 1.807) is 0 Å². The average Bonchev–Trinajstić information content (AvgIpc) is 2.20. The minimum atomic E-state index is -0.581. The zero-order valence-electron chi connectivity index (χ0n) is 10.2. The smallest absolute Gasteiger partial charge is 0.100 e. The van der Waals surface area contributed by atoms with E-state index in [9.17, 15) is 9.50 Å². The number of halogens is 1. The number of aliphatic hydroxyl groups is 1. The minimum Gasteiger partial charge on any atom is -0.393 e. The number of hydrogen-bond acceptors (Lipinski definition) is 1. The Morgan fingerprint density at radius 2 is 2.07 bits per heavy atom. The highest BCUT2D eigenvalue weighted by Crippen LogP contribution is 2.36. The molecule has 0 bridgehead atoms. The van der Waals surface area contributed by atoms with Crippen molar-refractivity contribution in [3.8, 4) is 0 Å². The molecule has 5 atom stereocenters. The Bertz CT molecular complexity index is 183. The van der Waals surface area contributed by atoms with E-state index >= 15 is 0 Å². The average molecular weight is 216 g/mol. The number of alkyl halides is 1. The first-order valence-electron chi connectivity index (χ1n) is 6.36. The Morgan fingerprint density at radius 1 is 1.40 bits per heavy atom. The quantitative estimate of drug-likeness (QED) is 0.762. The van der Waals surface area contributed by atoms with Crippen LogP contribution in [0.2, 0.25) is 0 Å². The van der Waals surface area contributed by atoms with Gasteiger partial charge in [-0.3, -0.25) is 0 Å². The van der Waals surface area contributed by atoms with E-state index in [0.29, 0.717) is 17.8 Å². The molecule has 1 aliphatic carbocycles. The summed E-state index contributed by atoms with van der Waals surface area (Å²) in [5.41, 5.74) is 0. The van der Waals surface area contributed by atoms with Crippen molar-refractivity contribution in [2.24, 2.45) is 17.8 Å². The molecule has 1 rings (SSSR count). The van der Waals surface area contributed by atoms with Gasteiger partial charge in [-0.05, 0) is 49.9 Å². The van der Waals surface area contributed by atoms with E-state index in [0.717, 1.165) is 32.1 Å². The van der Waals surface area contributed by atoms with E-state index in [1.165, 1.54) is 0 Å². The molecule has 0 heterocycles. The van der Waals surface area contributed by atoms with Gasteiger partial charge >= 0.3 is 0 Å². The highest BCUT2D eigenvalue weighted by molar-refractivity contribution is 4.80. The van der Waals surface area contributed by atoms with Crippen LogP contribution in [0.5, 0.6) is 0 Å². The SMILES string of the molecule is CC[C@@H](O)C(C)C[C@H]1CCC(F)CC1C. The fraction of sp³-hybridized carbons (Fsp3) is 1.00. The van der Waals surface area contributed by atoms with Crippen LogP contribution in [0.25, 0.3) is 0 Å². The van der Waals surface area contributed by atoms with Gasteiger partial charge in [-0.15, -0.1) is 0 Å². The van der Waals surface area contributed by atoms with E-state index in [-0.39, 0.29) is 6.10 Å². The molecule has 2 heteroatoms. The molecular formula is C13H25FO. The third-order valence-corrected chi connectivity index (χ3v) is 4.03. The van der Waals surface area contributed by atoms with Crippen LogP contribution in [0.4, 0.5) is 4.39 Å². The van der Waals surface area contributed by atoms with E-state index < -0.39 is 6.17 Å². The van der Waals surface area contributed by atoms with Crippen LogP contribution in [0, 0.1) is 17.8 Å². The van der Waals surface area contributed by atoms with Gasteiger partial charge in [-0.25, -0.2) is 4.39 Å². The fourth-order valence-electron chi connectivity index (χ4n) is 2.78. The lowest BCUT2D eigenvalue weighted by atomic mass is 9.74. The Morgan fingerprint density at radius 3 is 2.60 bits per heavy atom. The van der Waals surface area contributed by atoms with Crippen molar-refractivity contribution in [1.29, 1.82) is 0 Å². The maximum Gasteiger partial charge on any atom is 0.100 e. The van der Waals surface area contributed by atoms with Gasteiger partial charge in [0, 0.05) is 0 Å². The molecule has 0 aromatic rings. The summed E-state index contributed by atoms with van der Waals surface area (Å²) in [6.07, 6.45) is 3.58. The molecule has 1 N–H and O–H groups in total. The molecule has 0 aliphatic heterocycles. The van der Waals surface area contributed by atoms with Gasteiger partial charge in [0.2, 0.25) is 0 Å². The van der Waals surface area contributed by atoms with Crippen molar-refractivity contribution < 1.29 is 9.50 Å². The molecule has 0 radical (unpaired) electrons. The lowest BCUT2D eigenvalue weighted by Crippen LogP contribution is -2.28. The largest absolute Gasteiger partial charge is 0.393 e. The molecule has 1 aliphatic rings. The standard InChI is InChI=1S/C13H25FO/c1-4-13(15)10(3)7-11-5-6-12(14)8-9(11)2/h9-13,15H,4-8H2,1-3H3/t9?,10?,11-,12?,13-/m1/s1. The van der Waals surface area contributed by atoms with Crippen molar-refractivity contribution in [3.05, 3.63) is 0 Å². The lowest BCUT2D eigenvalue weighted by molar-refractivity contribution is 0.0714. The van der Waals surface area contributed by atoms with Crippen molar-refractivity contribution in [3.63, 3.8) is 0 Å². The highest BCUT2D eigenvalue weighted by Gasteiger charge is 2.29. The second-order valence-corrected chi connectivity index (χ2v) is 5.34. The summed E-state index contributed by atoms with van der Waals surface area (Å²) < 4.78 is 13.1. The maximum atomic E-state index is 13.1. The minimum absolute atomic E-state index is 0.180. The summed E-state index contributed by atoms with van der Waals surface area (Å²) in [7, 11) is 0. The van der Waals surface area contributed by atoms with Crippen LogP contribution < -0.4 is 0 Å². The molecule has 90 valence electrons. The number of hydrogen-bond donors (Lipinski definition) is 1. The lowest BCUT2D eigenvalue weighted by Gasteiger charge is -2.33. The monoisotopic (exact) mass is 216 g/mol. The summed E-state index contributed by atoms with van der Waals surface area (Å²) in [5.74, 6) is 1.46. The molecule has 0 saturated heterocycles. The summed E-state index contributed by atoms with van der Waals surface area (Å²) in [6.45, 7) is 6.28. The van der Waals surface area contributed by atoms with Crippen molar-refractivity contribution >= 4 is 0 Å². The zero-order chi connectivity index (χ0) is 11.4. The Hall–Kier alpha value is -0.110. The van der Waals surface area contributed by atoms with Crippen LogP contribution in [-0.2, 0) is 0 Å². The van der Waals surface area contributed by atoms with Crippen LogP contribution in [-0.4, -0.2) is 17.4 Å². The van der Waals surface area contributed by atoms with Gasteiger partial charge in [-0.2, -0.15) is 0 Å². The molecule has 0 aromatic carbocycles. The normalized spacial score (nSPS) is 36.2. The van der Waals surface area contributed by atoms with Crippen LogP contribution >= 0.6 is 0 Å². The van der Waals surface area contributed by atoms with Crippen molar-refractivity contribution in [1.82, 2.24) is 0 Å². The number of aliphatic hydroxyl groups excluding tert-OH is 1. The predicted octanol–water partition coefficient (Wildman–Crippen LogP) is 3.56. The molecule has 3 unspecified atom stereocenters. The first kappa shape index (κ1) is 13.0. The first-order valence-corrected chi connectivity index (χ1v) is 6.36. The molecule has 0 spiro atoms. The van der Waals surface area contributed by atoms with Crippen LogP contribution in [0.3, 0.4) is 0 Å². The van der Waals surface area contributed by atoms with E-state index in [2.05, 4.69) is 13.8 Å². The van der Waals surface area contributed by atoms with Gasteiger partial charge < -0.3 is 5.11 Å². The molecule has 0 aromatic heterocycles.